The van der Waals surface area contributed by atoms with Crippen LogP contribution in [0.3, 0.4) is 0 Å². The summed E-state index contributed by atoms with van der Waals surface area (Å²) >= 11 is 0. The Hall–Kier alpha value is -5.30. The highest BCUT2D eigenvalue weighted by molar-refractivity contribution is 6.15. The summed E-state index contributed by atoms with van der Waals surface area (Å²) in [6, 6.07) is 26.5. The summed E-state index contributed by atoms with van der Waals surface area (Å²) in [6.07, 6.45) is 1.66. The fraction of sp³-hybridized carbons (Fsp3) is 0.0625. The monoisotopic (exact) mass is 518 g/mol. The van der Waals surface area contributed by atoms with E-state index in [0.29, 0.717) is 39.5 Å². The van der Waals surface area contributed by atoms with Crippen molar-refractivity contribution in [2.75, 3.05) is 14.2 Å². The van der Waals surface area contributed by atoms with Gasteiger partial charge in [-0.05, 0) is 54.1 Å². The van der Waals surface area contributed by atoms with Gasteiger partial charge in [-0.3, -0.25) is 4.79 Å². The maximum absolute atomic E-state index is 13.6. The predicted molar refractivity (Wildman–Crippen MR) is 146 cm³/mol. The van der Waals surface area contributed by atoms with Crippen molar-refractivity contribution >= 4 is 28.8 Å². The topological polar surface area (TPSA) is 84.2 Å². The van der Waals surface area contributed by atoms with Gasteiger partial charge in [-0.25, -0.2) is 4.79 Å². The van der Waals surface area contributed by atoms with E-state index in [9.17, 15) is 9.59 Å². The largest absolute Gasteiger partial charge is 0.497 e. The number of methoxy groups -OCH3 is 2. The number of ketones is 1. The number of hydrogen-bond donors (Lipinski definition) is 0. The summed E-state index contributed by atoms with van der Waals surface area (Å²) < 4.78 is 28.2. The number of Topliss-reactive ketones (excluding diaryl/α,β-unsaturated/α-hetero) is 1. The number of hydrogen-bond acceptors (Lipinski definition) is 7. The molecule has 5 aromatic rings. The second-order valence-electron chi connectivity index (χ2n) is 8.79. The molecule has 0 saturated carbocycles. The van der Waals surface area contributed by atoms with Crippen molar-refractivity contribution in [3.05, 3.63) is 113 Å². The highest BCUT2D eigenvalue weighted by Gasteiger charge is 2.29. The summed E-state index contributed by atoms with van der Waals surface area (Å²) in [7, 11) is 3.15. The first-order chi connectivity index (χ1) is 19.0. The molecule has 1 aliphatic heterocycles. The van der Waals surface area contributed by atoms with Gasteiger partial charge in [0.25, 0.3) is 0 Å². The van der Waals surface area contributed by atoms with Crippen LogP contribution < -0.4 is 18.9 Å². The van der Waals surface area contributed by atoms with E-state index in [2.05, 4.69) is 0 Å². The molecule has 6 rings (SSSR count). The van der Waals surface area contributed by atoms with E-state index < -0.39 is 5.97 Å². The van der Waals surface area contributed by atoms with Gasteiger partial charge in [0.15, 0.2) is 5.76 Å². The number of furan rings is 1. The zero-order chi connectivity index (χ0) is 26.9. The maximum atomic E-state index is 13.6. The number of carbonyl (C=O) groups excluding carboxylic acids is 2. The van der Waals surface area contributed by atoms with Gasteiger partial charge in [0, 0.05) is 17.0 Å². The van der Waals surface area contributed by atoms with E-state index in [1.54, 1.807) is 62.8 Å². The summed E-state index contributed by atoms with van der Waals surface area (Å²) in [5.74, 6) is 1.54. The minimum Gasteiger partial charge on any atom is -0.497 e. The smallest absolute Gasteiger partial charge is 0.348 e. The minimum absolute atomic E-state index is 0.179. The Balaban J connectivity index is 1.31. The standard InChI is InChI=1S/C32H22O7/c1-35-21-10-8-19(9-11-21)16-28-30(33)24-14-12-23(18-27(24)38-28)37-32(34)29-25-17-22(36-2)13-15-26(25)39-31(29)20-6-4-3-5-7-20/h3-18H,1-2H3. The van der Waals surface area contributed by atoms with Crippen LogP contribution in [-0.4, -0.2) is 26.0 Å². The number of benzene rings is 4. The molecule has 0 spiro atoms. The molecule has 0 N–H and O–H groups in total. The van der Waals surface area contributed by atoms with Crippen molar-refractivity contribution in [1.29, 1.82) is 0 Å². The number of rotatable bonds is 6. The van der Waals surface area contributed by atoms with E-state index in [-0.39, 0.29) is 22.9 Å². The van der Waals surface area contributed by atoms with E-state index in [1.807, 2.05) is 42.5 Å². The van der Waals surface area contributed by atoms with Crippen LogP contribution in [0, 0.1) is 0 Å². The quantitative estimate of drug-likeness (QED) is 0.137. The zero-order valence-corrected chi connectivity index (χ0v) is 21.1. The normalized spacial score (nSPS) is 13.3. The minimum atomic E-state index is -0.612. The molecule has 0 amide bonds. The van der Waals surface area contributed by atoms with Gasteiger partial charge in [-0.2, -0.15) is 0 Å². The molecule has 0 fully saturated rings. The van der Waals surface area contributed by atoms with Crippen LogP contribution in [0.4, 0.5) is 0 Å². The molecule has 0 unspecified atom stereocenters. The van der Waals surface area contributed by atoms with E-state index >= 15 is 0 Å². The molecule has 192 valence electrons. The van der Waals surface area contributed by atoms with Gasteiger partial charge >= 0.3 is 5.97 Å². The molecular formula is C32H22O7. The van der Waals surface area contributed by atoms with E-state index in [1.165, 1.54) is 6.07 Å². The summed E-state index contributed by atoms with van der Waals surface area (Å²) in [4.78, 5) is 26.5. The fourth-order valence-corrected chi connectivity index (χ4v) is 4.44. The highest BCUT2D eigenvalue weighted by Crippen LogP contribution is 2.38. The summed E-state index contributed by atoms with van der Waals surface area (Å²) in [5.41, 5.74) is 2.70. The number of esters is 1. The van der Waals surface area contributed by atoms with Crippen molar-refractivity contribution < 1.29 is 33.0 Å². The molecular weight excluding hydrogens is 496 g/mol. The third kappa shape index (κ3) is 4.51. The van der Waals surface area contributed by atoms with Crippen LogP contribution >= 0.6 is 0 Å². The lowest BCUT2D eigenvalue weighted by Crippen LogP contribution is -2.09. The fourth-order valence-electron chi connectivity index (χ4n) is 4.44. The number of carbonyl (C=O) groups is 2. The van der Waals surface area contributed by atoms with Crippen LogP contribution in [0.15, 0.2) is 101 Å². The second kappa shape index (κ2) is 9.87. The molecule has 2 heterocycles. The van der Waals surface area contributed by atoms with Crippen molar-refractivity contribution in [2.45, 2.75) is 0 Å². The third-order valence-electron chi connectivity index (χ3n) is 6.40. The van der Waals surface area contributed by atoms with Crippen molar-refractivity contribution in [3.63, 3.8) is 0 Å². The van der Waals surface area contributed by atoms with Crippen LogP contribution in [0.5, 0.6) is 23.0 Å². The number of allylic oxidation sites excluding steroid dienone is 1. The molecule has 7 nitrogen and oxygen atoms in total. The van der Waals surface area contributed by atoms with E-state index in [4.69, 9.17) is 23.4 Å². The Morgan fingerprint density at radius 1 is 0.795 bits per heavy atom. The first-order valence-corrected chi connectivity index (χ1v) is 12.1. The maximum Gasteiger partial charge on any atom is 0.348 e. The predicted octanol–water partition coefficient (Wildman–Crippen LogP) is 6.95. The summed E-state index contributed by atoms with van der Waals surface area (Å²) in [5, 5.41) is 0.565. The van der Waals surface area contributed by atoms with Crippen LogP contribution in [-0.2, 0) is 0 Å². The van der Waals surface area contributed by atoms with Crippen molar-refractivity contribution in [2.24, 2.45) is 0 Å². The van der Waals surface area contributed by atoms with Gasteiger partial charge < -0.3 is 23.4 Å². The average Bonchev–Trinajstić information content (AvgIpc) is 3.50. The lowest BCUT2D eigenvalue weighted by atomic mass is 10.1. The van der Waals surface area contributed by atoms with E-state index in [0.717, 1.165) is 11.1 Å². The van der Waals surface area contributed by atoms with Gasteiger partial charge in [0.05, 0.1) is 19.8 Å². The Bertz CT molecular complexity index is 1750. The number of ether oxygens (including phenoxy) is 4. The van der Waals surface area contributed by atoms with Gasteiger partial charge in [0.1, 0.15) is 39.9 Å². The van der Waals surface area contributed by atoms with Crippen molar-refractivity contribution in [3.8, 4) is 34.3 Å². The van der Waals surface area contributed by atoms with Crippen LogP contribution in [0.1, 0.15) is 26.3 Å². The molecule has 0 atom stereocenters. The highest BCUT2D eigenvalue weighted by atomic mass is 16.5. The van der Waals surface area contributed by atoms with Gasteiger partial charge in [0.2, 0.25) is 5.78 Å². The average molecular weight is 519 g/mol. The molecule has 7 heteroatoms. The molecule has 1 aliphatic rings. The zero-order valence-electron chi connectivity index (χ0n) is 21.1. The molecule has 0 saturated heterocycles. The Morgan fingerprint density at radius 2 is 1.51 bits per heavy atom. The third-order valence-corrected chi connectivity index (χ3v) is 6.40. The van der Waals surface area contributed by atoms with Crippen LogP contribution in [0.2, 0.25) is 0 Å². The lowest BCUT2D eigenvalue weighted by molar-refractivity contribution is 0.0736. The molecule has 0 aliphatic carbocycles. The SMILES string of the molecule is COc1ccc(C=C2Oc3cc(OC(=O)c4c(-c5ccccc5)oc5ccc(OC)cc45)ccc3C2=O)cc1. The Morgan fingerprint density at radius 3 is 2.26 bits per heavy atom. The second-order valence-corrected chi connectivity index (χ2v) is 8.79. The molecule has 0 bridgehead atoms. The van der Waals surface area contributed by atoms with Gasteiger partial charge in [-0.1, -0.05) is 42.5 Å². The first-order valence-electron chi connectivity index (χ1n) is 12.1. The van der Waals surface area contributed by atoms with Crippen molar-refractivity contribution in [1.82, 2.24) is 0 Å². The Labute approximate surface area is 223 Å². The first kappa shape index (κ1) is 24.1. The molecule has 4 aromatic carbocycles. The summed E-state index contributed by atoms with van der Waals surface area (Å²) in [6.45, 7) is 0. The van der Waals surface area contributed by atoms with Crippen LogP contribution in [0.25, 0.3) is 28.4 Å². The molecule has 39 heavy (non-hydrogen) atoms. The molecule has 1 aromatic heterocycles. The van der Waals surface area contributed by atoms with Gasteiger partial charge in [-0.15, -0.1) is 0 Å². The lowest BCUT2D eigenvalue weighted by Gasteiger charge is -2.07. The number of fused-ring (bicyclic) bond motifs is 2. The molecule has 0 radical (unpaired) electrons. The Kier molecular flexibility index (Phi) is 6.09.